The first-order chi connectivity index (χ1) is 16.0. The average Bonchev–Trinajstić information content (AvgIpc) is 2.75. The van der Waals surface area contributed by atoms with Crippen molar-refractivity contribution in [3.8, 4) is 5.69 Å². The third kappa shape index (κ3) is 4.43. The Labute approximate surface area is 196 Å². The molecule has 4 aromatic rings. The SMILES string of the molecule is C/C(=C\c1ccnc(C(F)(F)F)c1)c1nn(-c2ccc(Cl)cc2F)c2cc(C)c(C)nc2c1=O. The first-order valence-electron chi connectivity index (χ1n) is 10.0. The number of hydrogen-bond acceptors (Lipinski definition) is 4. The quantitative estimate of drug-likeness (QED) is 0.324. The van der Waals surface area contributed by atoms with Gasteiger partial charge >= 0.3 is 6.18 Å². The number of allylic oxidation sites excluding steroid dienone is 1. The van der Waals surface area contributed by atoms with Gasteiger partial charge in [0.15, 0.2) is 0 Å². The van der Waals surface area contributed by atoms with E-state index in [1.54, 1.807) is 19.9 Å². The van der Waals surface area contributed by atoms with Crippen molar-refractivity contribution in [1.29, 1.82) is 0 Å². The molecular weight excluding hydrogens is 472 g/mol. The van der Waals surface area contributed by atoms with Crippen molar-refractivity contribution >= 4 is 34.3 Å². The highest BCUT2D eigenvalue weighted by molar-refractivity contribution is 6.30. The van der Waals surface area contributed by atoms with E-state index in [4.69, 9.17) is 11.6 Å². The summed E-state index contributed by atoms with van der Waals surface area (Å²) in [5.74, 6) is -0.667. The molecule has 0 unspecified atom stereocenters. The Hall–Kier alpha value is -3.59. The van der Waals surface area contributed by atoms with Gasteiger partial charge in [0, 0.05) is 16.9 Å². The third-order valence-electron chi connectivity index (χ3n) is 5.27. The first kappa shape index (κ1) is 23.6. The second-order valence-electron chi connectivity index (χ2n) is 7.74. The number of benzene rings is 1. The van der Waals surface area contributed by atoms with Crippen molar-refractivity contribution in [1.82, 2.24) is 19.7 Å². The lowest BCUT2D eigenvalue weighted by molar-refractivity contribution is -0.141. The Morgan fingerprint density at radius 1 is 1.12 bits per heavy atom. The minimum Gasteiger partial charge on any atom is -0.285 e. The van der Waals surface area contributed by atoms with Crippen molar-refractivity contribution in [2.45, 2.75) is 26.9 Å². The lowest BCUT2D eigenvalue weighted by Gasteiger charge is -2.14. The molecule has 0 aliphatic heterocycles. The molecule has 0 aliphatic rings. The Morgan fingerprint density at radius 2 is 1.85 bits per heavy atom. The second-order valence-corrected chi connectivity index (χ2v) is 8.18. The van der Waals surface area contributed by atoms with Gasteiger partial charge in [0.25, 0.3) is 0 Å². The number of halogens is 5. The predicted octanol–water partition coefficient (Wildman–Crippen LogP) is 6.16. The van der Waals surface area contributed by atoms with Crippen molar-refractivity contribution in [3.63, 3.8) is 0 Å². The van der Waals surface area contributed by atoms with E-state index in [1.165, 1.54) is 35.9 Å². The molecule has 4 rings (SSSR count). The highest BCUT2D eigenvalue weighted by atomic mass is 35.5. The maximum atomic E-state index is 14.8. The van der Waals surface area contributed by atoms with Crippen molar-refractivity contribution in [3.05, 3.63) is 91.9 Å². The van der Waals surface area contributed by atoms with E-state index in [0.717, 1.165) is 23.9 Å². The highest BCUT2D eigenvalue weighted by Gasteiger charge is 2.32. The lowest BCUT2D eigenvalue weighted by Crippen LogP contribution is -2.20. The molecule has 5 nitrogen and oxygen atoms in total. The lowest BCUT2D eigenvalue weighted by atomic mass is 10.1. The summed E-state index contributed by atoms with van der Waals surface area (Å²) in [5, 5.41) is 4.56. The van der Waals surface area contributed by atoms with Crippen LogP contribution in [0.25, 0.3) is 28.4 Å². The van der Waals surface area contributed by atoms with Crippen LogP contribution in [0.2, 0.25) is 5.02 Å². The van der Waals surface area contributed by atoms with Gasteiger partial charge in [0.2, 0.25) is 5.43 Å². The van der Waals surface area contributed by atoms with E-state index < -0.39 is 23.1 Å². The molecule has 1 aromatic carbocycles. The summed E-state index contributed by atoms with van der Waals surface area (Å²) >= 11 is 5.88. The Kier molecular flexibility index (Phi) is 5.99. The van der Waals surface area contributed by atoms with Gasteiger partial charge in [-0.2, -0.15) is 18.3 Å². The Bertz CT molecular complexity index is 1530. The molecule has 0 bridgehead atoms. The molecule has 10 heteroatoms. The maximum absolute atomic E-state index is 14.8. The smallest absolute Gasteiger partial charge is 0.285 e. The standard InChI is InChI=1S/C24H17ClF4N4O/c1-12-9-19-22(31-14(12)3)23(34)21(32-33(19)18-5-4-16(25)11-17(18)26)13(2)8-15-6-7-30-20(10-15)24(27,28)29/h4-11H,1-3H3/b13-8+. The van der Waals surface area contributed by atoms with Crippen LogP contribution >= 0.6 is 11.6 Å². The van der Waals surface area contributed by atoms with Gasteiger partial charge < -0.3 is 0 Å². The number of pyridine rings is 2. The van der Waals surface area contributed by atoms with E-state index in [2.05, 4.69) is 15.1 Å². The summed E-state index contributed by atoms with van der Waals surface area (Å²) in [5.41, 5.74) is 0.544. The van der Waals surface area contributed by atoms with Gasteiger partial charge in [-0.3, -0.25) is 9.78 Å². The number of fused-ring (bicyclic) bond motifs is 1. The van der Waals surface area contributed by atoms with Crippen molar-refractivity contribution in [2.24, 2.45) is 0 Å². The van der Waals surface area contributed by atoms with E-state index in [1.807, 2.05) is 0 Å². The summed E-state index contributed by atoms with van der Waals surface area (Å²) in [6.45, 7) is 5.07. The van der Waals surface area contributed by atoms with E-state index in [0.29, 0.717) is 5.69 Å². The first-order valence-corrected chi connectivity index (χ1v) is 10.4. The largest absolute Gasteiger partial charge is 0.433 e. The van der Waals surface area contributed by atoms with Crippen LogP contribution in [0.3, 0.4) is 0 Å². The zero-order chi connectivity index (χ0) is 24.8. The van der Waals surface area contributed by atoms with E-state index in [9.17, 15) is 22.4 Å². The molecule has 0 fully saturated rings. The average molecular weight is 489 g/mol. The second kappa shape index (κ2) is 8.64. The van der Waals surface area contributed by atoms with Crippen LogP contribution in [0, 0.1) is 19.7 Å². The molecule has 34 heavy (non-hydrogen) atoms. The Morgan fingerprint density at radius 3 is 2.53 bits per heavy atom. The summed E-state index contributed by atoms with van der Waals surface area (Å²) in [4.78, 5) is 21.0. The zero-order valence-corrected chi connectivity index (χ0v) is 19.0. The van der Waals surface area contributed by atoms with Crippen LogP contribution in [0.1, 0.15) is 35.1 Å². The number of rotatable bonds is 3. The Balaban J connectivity index is 1.98. The number of aromatic nitrogens is 4. The van der Waals surface area contributed by atoms with Gasteiger partial charge in [0.1, 0.15) is 28.4 Å². The summed E-state index contributed by atoms with van der Waals surface area (Å²) in [7, 11) is 0. The molecule has 0 amide bonds. The monoisotopic (exact) mass is 488 g/mol. The number of hydrogen-bond donors (Lipinski definition) is 0. The van der Waals surface area contributed by atoms with Gasteiger partial charge in [-0.25, -0.2) is 14.1 Å². The molecular formula is C24H17ClF4N4O. The van der Waals surface area contributed by atoms with Gasteiger partial charge in [-0.05, 0) is 79.9 Å². The van der Waals surface area contributed by atoms with Crippen LogP contribution in [0.4, 0.5) is 17.6 Å². The van der Waals surface area contributed by atoms with E-state index >= 15 is 0 Å². The molecule has 0 atom stereocenters. The highest BCUT2D eigenvalue weighted by Crippen LogP contribution is 2.29. The van der Waals surface area contributed by atoms with Crippen molar-refractivity contribution in [2.75, 3.05) is 0 Å². The van der Waals surface area contributed by atoms with Gasteiger partial charge in [-0.15, -0.1) is 0 Å². The zero-order valence-electron chi connectivity index (χ0n) is 18.2. The molecule has 3 heterocycles. The molecule has 0 N–H and O–H groups in total. The minimum atomic E-state index is -4.61. The van der Waals surface area contributed by atoms with E-state index in [-0.39, 0.29) is 38.6 Å². The fourth-order valence-electron chi connectivity index (χ4n) is 3.44. The van der Waals surface area contributed by atoms with Gasteiger partial charge in [-0.1, -0.05) is 11.6 Å². The number of nitrogens with zero attached hydrogens (tertiary/aromatic N) is 4. The fourth-order valence-corrected chi connectivity index (χ4v) is 3.59. The van der Waals surface area contributed by atoms with Crippen LogP contribution in [0.5, 0.6) is 0 Å². The third-order valence-corrected chi connectivity index (χ3v) is 5.51. The number of aryl methyl sites for hydroxylation is 2. The number of alkyl halides is 3. The maximum Gasteiger partial charge on any atom is 0.433 e. The van der Waals surface area contributed by atoms with Crippen LogP contribution in [0.15, 0.2) is 47.4 Å². The normalized spacial score (nSPS) is 12.4. The summed E-state index contributed by atoms with van der Waals surface area (Å²) in [6, 6.07) is 7.95. The van der Waals surface area contributed by atoms with Gasteiger partial charge in [0.05, 0.1) is 5.52 Å². The fraction of sp³-hybridized carbons (Fsp3) is 0.167. The molecule has 174 valence electrons. The molecule has 0 radical (unpaired) electrons. The molecule has 0 aliphatic carbocycles. The topological polar surface area (TPSA) is 60.7 Å². The van der Waals surface area contributed by atoms with Crippen LogP contribution < -0.4 is 5.43 Å². The summed E-state index contributed by atoms with van der Waals surface area (Å²) < 4.78 is 55.2. The van der Waals surface area contributed by atoms with Crippen molar-refractivity contribution < 1.29 is 17.6 Å². The minimum absolute atomic E-state index is 0.0387. The molecule has 0 spiro atoms. The van der Waals surface area contributed by atoms with Crippen LogP contribution in [-0.4, -0.2) is 19.7 Å². The van der Waals surface area contributed by atoms with Crippen LogP contribution in [-0.2, 0) is 6.18 Å². The predicted molar refractivity (Wildman–Crippen MR) is 122 cm³/mol. The molecule has 0 saturated carbocycles. The molecule has 0 saturated heterocycles. The summed E-state index contributed by atoms with van der Waals surface area (Å²) in [6.07, 6.45) is -2.20. The molecule has 3 aromatic heterocycles.